The lowest BCUT2D eigenvalue weighted by atomic mass is 10.1. The summed E-state index contributed by atoms with van der Waals surface area (Å²) in [4.78, 5) is 23.0. The Hall–Kier alpha value is -2.82. The molecule has 5 nitrogen and oxygen atoms in total. The van der Waals surface area contributed by atoms with Crippen molar-refractivity contribution in [3.8, 4) is 5.75 Å². The highest BCUT2D eigenvalue weighted by molar-refractivity contribution is 6.00. The van der Waals surface area contributed by atoms with Crippen molar-refractivity contribution < 1.29 is 19.4 Å². The van der Waals surface area contributed by atoms with E-state index in [0.29, 0.717) is 5.75 Å². The lowest BCUT2D eigenvalue weighted by Crippen LogP contribution is -2.26. The van der Waals surface area contributed by atoms with Crippen molar-refractivity contribution in [2.24, 2.45) is 0 Å². The van der Waals surface area contributed by atoms with Gasteiger partial charge in [0.15, 0.2) is 6.61 Å². The van der Waals surface area contributed by atoms with Crippen LogP contribution in [0.3, 0.4) is 0 Å². The van der Waals surface area contributed by atoms with Crippen LogP contribution in [0.25, 0.3) is 0 Å². The van der Waals surface area contributed by atoms with Crippen LogP contribution < -0.4 is 15.2 Å². The van der Waals surface area contributed by atoms with Crippen LogP contribution in [-0.4, -0.2) is 18.5 Å². The number of para-hydroxylation sites is 1. The molecule has 0 aromatic heterocycles. The van der Waals surface area contributed by atoms with Gasteiger partial charge >= 0.3 is 0 Å². The van der Waals surface area contributed by atoms with Crippen LogP contribution in [0.1, 0.15) is 27.0 Å². The Kier molecular flexibility index (Phi) is 5.01. The first-order valence-corrected chi connectivity index (χ1v) is 7.19. The molecule has 2 aromatic rings. The Morgan fingerprint density at radius 3 is 2.39 bits per heavy atom. The molecule has 0 aliphatic rings. The number of ether oxygens (including phenoxy) is 1. The Bertz CT molecular complexity index is 753. The fourth-order valence-electron chi connectivity index (χ4n) is 2.19. The lowest BCUT2D eigenvalue weighted by Gasteiger charge is -2.14. The molecule has 0 saturated carbocycles. The molecule has 1 N–H and O–H groups in total. The highest BCUT2D eigenvalue weighted by Gasteiger charge is 2.09. The quantitative estimate of drug-likeness (QED) is 0.916. The van der Waals surface area contributed by atoms with Gasteiger partial charge in [0, 0.05) is 11.3 Å². The van der Waals surface area contributed by atoms with Crippen LogP contribution in [-0.2, 0) is 4.79 Å². The van der Waals surface area contributed by atoms with Gasteiger partial charge in [0.2, 0.25) is 0 Å². The molecule has 1 amide bonds. The van der Waals surface area contributed by atoms with Gasteiger partial charge in [0.25, 0.3) is 5.91 Å². The summed E-state index contributed by atoms with van der Waals surface area (Å²) in [5.74, 6) is -1.14. The van der Waals surface area contributed by atoms with Crippen molar-refractivity contribution in [2.45, 2.75) is 20.8 Å². The Balaban J connectivity index is 2.04. The fraction of sp³-hybridized carbons (Fsp3) is 0.222. The van der Waals surface area contributed by atoms with E-state index in [9.17, 15) is 14.7 Å². The van der Waals surface area contributed by atoms with E-state index in [-0.39, 0.29) is 17.9 Å². The number of hydrogen-bond acceptors (Lipinski definition) is 4. The Morgan fingerprint density at radius 1 is 1.04 bits per heavy atom. The smallest absolute Gasteiger partial charge is 0.262 e. The summed E-state index contributed by atoms with van der Waals surface area (Å²) in [6.45, 7) is 5.68. The first kappa shape index (κ1) is 16.5. The third-order valence-corrected chi connectivity index (χ3v) is 3.57. The topological polar surface area (TPSA) is 78.5 Å². The first-order valence-electron chi connectivity index (χ1n) is 7.19. The maximum atomic E-state index is 12.0. The molecule has 120 valence electrons. The molecule has 0 unspecified atom stereocenters. The van der Waals surface area contributed by atoms with Crippen LogP contribution in [0, 0.1) is 20.8 Å². The molecule has 0 aliphatic carbocycles. The predicted molar refractivity (Wildman–Crippen MR) is 85.6 cm³/mol. The fourth-order valence-corrected chi connectivity index (χ4v) is 2.19. The zero-order valence-corrected chi connectivity index (χ0v) is 13.3. The number of benzene rings is 2. The van der Waals surface area contributed by atoms with E-state index in [2.05, 4.69) is 5.32 Å². The zero-order chi connectivity index (χ0) is 17.0. The number of carboxylic acid groups (broad SMARTS) is 1. The predicted octanol–water partition coefficient (Wildman–Crippen LogP) is 1.99. The maximum absolute atomic E-state index is 12.0. The molecule has 0 radical (unpaired) electrons. The second-order valence-electron chi connectivity index (χ2n) is 5.37. The van der Waals surface area contributed by atoms with E-state index in [1.165, 1.54) is 12.1 Å². The SMILES string of the molecule is Cc1cc(C)c(OCC(=O)Nc2ccccc2C(=O)[O-])cc1C. The standard InChI is InChI=1S/C18H19NO4/c1-11-8-13(3)16(9-12(11)2)23-10-17(20)19-15-7-5-4-6-14(15)18(21)22/h4-9H,10H2,1-3H3,(H,19,20)(H,21,22)/p-1. The number of rotatable bonds is 5. The van der Waals surface area contributed by atoms with E-state index in [1.807, 2.05) is 32.9 Å². The van der Waals surface area contributed by atoms with E-state index in [1.54, 1.807) is 12.1 Å². The van der Waals surface area contributed by atoms with E-state index in [0.717, 1.165) is 16.7 Å². The third kappa shape index (κ3) is 4.10. The number of carboxylic acids is 1. The molecule has 0 aliphatic heterocycles. The molecular formula is C18H18NO4-. The molecule has 0 heterocycles. The summed E-state index contributed by atoms with van der Waals surface area (Å²) in [5.41, 5.74) is 3.30. The number of carbonyl (C=O) groups excluding carboxylic acids is 2. The monoisotopic (exact) mass is 312 g/mol. The van der Waals surface area contributed by atoms with Gasteiger partial charge < -0.3 is 20.0 Å². The minimum Gasteiger partial charge on any atom is -0.545 e. The number of carbonyl (C=O) groups is 2. The van der Waals surface area contributed by atoms with Gasteiger partial charge in [0.1, 0.15) is 5.75 Å². The minimum absolute atomic E-state index is 0.0665. The van der Waals surface area contributed by atoms with Crippen molar-refractivity contribution in [1.29, 1.82) is 0 Å². The van der Waals surface area contributed by atoms with Gasteiger partial charge in [-0.1, -0.05) is 24.3 Å². The highest BCUT2D eigenvalue weighted by atomic mass is 16.5. The number of nitrogens with one attached hydrogen (secondary N) is 1. The summed E-state index contributed by atoms with van der Waals surface area (Å²) in [5, 5.41) is 13.5. The Labute approximate surface area is 134 Å². The van der Waals surface area contributed by atoms with Crippen LogP contribution in [0.5, 0.6) is 5.75 Å². The largest absolute Gasteiger partial charge is 0.545 e. The number of amides is 1. The molecule has 0 fully saturated rings. The van der Waals surface area contributed by atoms with Crippen LogP contribution in [0.15, 0.2) is 36.4 Å². The van der Waals surface area contributed by atoms with Crippen molar-refractivity contribution >= 4 is 17.6 Å². The van der Waals surface area contributed by atoms with Crippen LogP contribution in [0.4, 0.5) is 5.69 Å². The molecule has 0 spiro atoms. The van der Waals surface area contributed by atoms with E-state index in [4.69, 9.17) is 4.74 Å². The lowest BCUT2D eigenvalue weighted by molar-refractivity contribution is -0.254. The van der Waals surface area contributed by atoms with Gasteiger partial charge in [-0.15, -0.1) is 0 Å². The maximum Gasteiger partial charge on any atom is 0.262 e. The molecule has 0 atom stereocenters. The minimum atomic E-state index is -1.34. The molecule has 23 heavy (non-hydrogen) atoms. The zero-order valence-electron chi connectivity index (χ0n) is 13.3. The number of anilines is 1. The van der Waals surface area contributed by atoms with Crippen molar-refractivity contribution in [3.05, 3.63) is 58.7 Å². The van der Waals surface area contributed by atoms with Crippen molar-refractivity contribution in [1.82, 2.24) is 0 Å². The molecule has 0 bridgehead atoms. The normalized spacial score (nSPS) is 10.2. The molecule has 2 rings (SSSR count). The Morgan fingerprint density at radius 2 is 1.70 bits per heavy atom. The summed E-state index contributed by atoms with van der Waals surface area (Å²) >= 11 is 0. The molecule has 2 aromatic carbocycles. The second-order valence-corrected chi connectivity index (χ2v) is 5.37. The van der Waals surface area contributed by atoms with E-state index >= 15 is 0 Å². The summed E-state index contributed by atoms with van der Waals surface area (Å²) in [6, 6.07) is 9.96. The van der Waals surface area contributed by atoms with Crippen molar-refractivity contribution in [3.63, 3.8) is 0 Å². The number of aromatic carboxylic acids is 1. The van der Waals surface area contributed by atoms with Gasteiger partial charge in [-0.05, 0) is 49.6 Å². The van der Waals surface area contributed by atoms with Gasteiger partial charge in [-0.25, -0.2) is 0 Å². The summed E-state index contributed by atoms with van der Waals surface area (Å²) in [6.07, 6.45) is 0. The van der Waals surface area contributed by atoms with Crippen LogP contribution in [0.2, 0.25) is 0 Å². The first-order chi connectivity index (χ1) is 10.9. The molecule has 0 saturated heterocycles. The van der Waals surface area contributed by atoms with E-state index < -0.39 is 11.9 Å². The summed E-state index contributed by atoms with van der Waals surface area (Å²) < 4.78 is 5.53. The number of hydrogen-bond donors (Lipinski definition) is 1. The second kappa shape index (κ2) is 6.96. The molecular weight excluding hydrogens is 294 g/mol. The summed E-state index contributed by atoms with van der Waals surface area (Å²) in [7, 11) is 0. The van der Waals surface area contributed by atoms with Crippen molar-refractivity contribution in [2.75, 3.05) is 11.9 Å². The van der Waals surface area contributed by atoms with Crippen LogP contribution >= 0.6 is 0 Å². The average Bonchev–Trinajstić information content (AvgIpc) is 2.50. The third-order valence-electron chi connectivity index (χ3n) is 3.57. The van der Waals surface area contributed by atoms with Gasteiger partial charge in [-0.2, -0.15) is 0 Å². The molecule has 5 heteroatoms. The van der Waals surface area contributed by atoms with Gasteiger partial charge in [-0.3, -0.25) is 4.79 Å². The average molecular weight is 312 g/mol. The van der Waals surface area contributed by atoms with Gasteiger partial charge in [0.05, 0.1) is 5.97 Å². The highest BCUT2D eigenvalue weighted by Crippen LogP contribution is 2.22. The number of aryl methyl sites for hydroxylation is 3.